The maximum atomic E-state index is 12.2. The van der Waals surface area contributed by atoms with Gasteiger partial charge in [-0.05, 0) is 12.0 Å². The van der Waals surface area contributed by atoms with Gasteiger partial charge in [0, 0.05) is 13.1 Å². The number of nitriles is 1. The fourth-order valence-corrected chi connectivity index (χ4v) is 1.80. The maximum Gasteiger partial charge on any atom is 0.228 e. The third kappa shape index (κ3) is 3.86. The first kappa shape index (κ1) is 14.2. The molecule has 2 N–H and O–H groups in total. The van der Waals surface area contributed by atoms with Gasteiger partial charge in [0.1, 0.15) is 6.54 Å². The quantitative estimate of drug-likeness (QED) is 0.772. The number of hydrogen-bond donors (Lipinski definition) is 1. The van der Waals surface area contributed by atoms with E-state index in [1.807, 2.05) is 43.3 Å². The molecule has 0 saturated heterocycles. The minimum atomic E-state index is -0.193. The van der Waals surface area contributed by atoms with E-state index >= 15 is 0 Å². The number of carbonyl (C=O) groups excluding carboxylic acids is 1. The van der Waals surface area contributed by atoms with Crippen LogP contribution in [0, 0.1) is 17.2 Å². The topological polar surface area (TPSA) is 70.1 Å². The minimum absolute atomic E-state index is 0.0367. The van der Waals surface area contributed by atoms with Crippen molar-refractivity contribution in [2.24, 2.45) is 11.7 Å². The van der Waals surface area contributed by atoms with E-state index in [4.69, 9.17) is 11.0 Å². The highest BCUT2D eigenvalue weighted by Gasteiger charge is 2.21. The summed E-state index contributed by atoms with van der Waals surface area (Å²) in [6.45, 7) is 2.82. The van der Waals surface area contributed by atoms with Crippen LogP contribution in [0.4, 0.5) is 0 Å². The van der Waals surface area contributed by atoms with Gasteiger partial charge in [-0.25, -0.2) is 0 Å². The van der Waals surface area contributed by atoms with Crippen LogP contribution in [-0.4, -0.2) is 23.9 Å². The number of hydrogen-bond acceptors (Lipinski definition) is 3. The summed E-state index contributed by atoms with van der Waals surface area (Å²) in [5.41, 5.74) is 6.60. The molecule has 1 amide bonds. The Balaban J connectivity index is 2.77. The summed E-state index contributed by atoms with van der Waals surface area (Å²) in [5.74, 6) is -0.229. The van der Waals surface area contributed by atoms with Gasteiger partial charge in [0.25, 0.3) is 0 Å². The molecule has 0 fully saturated rings. The zero-order chi connectivity index (χ0) is 13.4. The van der Waals surface area contributed by atoms with Crippen LogP contribution in [0.5, 0.6) is 0 Å². The summed E-state index contributed by atoms with van der Waals surface area (Å²) < 4.78 is 0. The molecule has 0 aliphatic rings. The summed E-state index contributed by atoms with van der Waals surface area (Å²) in [6.07, 6.45) is 0.700. The molecule has 1 unspecified atom stereocenters. The predicted octanol–water partition coefficient (Wildman–Crippen LogP) is 1.52. The van der Waals surface area contributed by atoms with E-state index in [0.717, 1.165) is 5.56 Å². The largest absolute Gasteiger partial charge is 0.330 e. The fraction of sp³-hybridized carbons (Fsp3) is 0.429. The Kier molecular flexibility index (Phi) is 5.89. The lowest BCUT2D eigenvalue weighted by molar-refractivity contribution is -0.135. The highest BCUT2D eigenvalue weighted by molar-refractivity contribution is 5.79. The highest BCUT2D eigenvalue weighted by Crippen LogP contribution is 2.10. The summed E-state index contributed by atoms with van der Waals surface area (Å²) in [6, 6.07) is 11.7. The number of carbonyl (C=O) groups is 1. The molecule has 0 aromatic heterocycles. The molecule has 4 heteroatoms. The third-order valence-electron chi connectivity index (χ3n) is 2.92. The first-order valence-electron chi connectivity index (χ1n) is 6.12. The van der Waals surface area contributed by atoms with Gasteiger partial charge >= 0.3 is 0 Å². The van der Waals surface area contributed by atoms with Crippen LogP contribution in [-0.2, 0) is 11.3 Å². The van der Waals surface area contributed by atoms with Gasteiger partial charge in [-0.15, -0.1) is 0 Å². The Bertz CT molecular complexity index is 407. The van der Waals surface area contributed by atoms with E-state index in [1.165, 1.54) is 0 Å². The van der Waals surface area contributed by atoms with Crippen LogP contribution in [0.2, 0.25) is 0 Å². The zero-order valence-electron chi connectivity index (χ0n) is 10.7. The van der Waals surface area contributed by atoms with E-state index in [-0.39, 0.29) is 18.4 Å². The molecule has 0 aliphatic heterocycles. The van der Waals surface area contributed by atoms with Crippen molar-refractivity contribution in [3.63, 3.8) is 0 Å². The van der Waals surface area contributed by atoms with Crippen LogP contribution in [0.3, 0.4) is 0 Å². The molecule has 4 nitrogen and oxygen atoms in total. The first-order chi connectivity index (χ1) is 8.72. The van der Waals surface area contributed by atoms with Gasteiger partial charge in [-0.2, -0.15) is 5.26 Å². The van der Waals surface area contributed by atoms with Gasteiger partial charge in [0.05, 0.1) is 12.0 Å². The molecule has 0 spiro atoms. The third-order valence-corrected chi connectivity index (χ3v) is 2.92. The number of amides is 1. The normalized spacial score (nSPS) is 11.6. The van der Waals surface area contributed by atoms with Crippen molar-refractivity contribution < 1.29 is 4.79 Å². The van der Waals surface area contributed by atoms with Gasteiger partial charge < -0.3 is 10.6 Å². The molecule has 0 radical (unpaired) electrons. The van der Waals surface area contributed by atoms with Crippen LogP contribution in [0.25, 0.3) is 0 Å². The molecular weight excluding hydrogens is 226 g/mol. The van der Waals surface area contributed by atoms with Crippen LogP contribution < -0.4 is 5.73 Å². The minimum Gasteiger partial charge on any atom is -0.330 e. The molecule has 0 bridgehead atoms. The van der Waals surface area contributed by atoms with Gasteiger partial charge in [-0.1, -0.05) is 37.3 Å². The van der Waals surface area contributed by atoms with Gasteiger partial charge in [0.2, 0.25) is 5.91 Å². The van der Waals surface area contributed by atoms with Crippen molar-refractivity contribution in [1.29, 1.82) is 5.26 Å². The lowest BCUT2D eigenvalue weighted by atomic mass is 10.0. The smallest absolute Gasteiger partial charge is 0.228 e. The van der Waals surface area contributed by atoms with Crippen molar-refractivity contribution in [2.75, 3.05) is 13.1 Å². The van der Waals surface area contributed by atoms with Crippen molar-refractivity contribution >= 4 is 5.91 Å². The Hall–Kier alpha value is -1.86. The fourth-order valence-electron chi connectivity index (χ4n) is 1.80. The molecular formula is C14H19N3O. The second kappa shape index (κ2) is 7.46. The second-order valence-corrected chi connectivity index (χ2v) is 4.18. The SMILES string of the molecule is CCC(CN)C(=O)N(CC#N)Cc1ccccc1. The van der Waals surface area contributed by atoms with E-state index in [2.05, 4.69) is 0 Å². The predicted molar refractivity (Wildman–Crippen MR) is 70.3 cm³/mol. The maximum absolute atomic E-state index is 12.2. The number of benzene rings is 1. The van der Waals surface area contributed by atoms with E-state index in [0.29, 0.717) is 19.5 Å². The first-order valence-corrected chi connectivity index (χ1v) is 6.12. The summed E-state index contributed by atoms with van der Waals surface area (Å²) in [4.78, 5) is 13.8. The monoisotopic (exact) mass is 245 g/mol. The van der Waals surface area contributed by atoms with Crippen molar-refractivity contribution in [3.05, 3.63) is 35.9 Å². The lowest BCUT2D eigenvalue weighted by Gasteiger charge is -2.24. The highest BCUT2D eigenvalue weighted by atomic mass is 16.2. The van der Waals surface area contributed by atoms with Crippen LogP contribution in [0.1, 0.15) is 18.9 Å². The number of nitrogens with two attached hydrogens (primary N) is 1. The average molecular weight is 245 g/mol. The van der Waals surface area contributed by atoms with Crippen LogP contribution in [0.15, 0.2) is 30.3 Å². The molecule has 1 rings (SSSR count). The van der Waals surface area contributed by atoms with Crippen LogP contribution >= 0.6 is 0 Å². The van der Waals surface area contributed by atoms with Gasteiger partial charge in [0.15, 0.2) is 0 Å². The van der Waals surface area contributed by atoms with Crippen molar-refractivity contribution in [3.8, 4) is 6.07 Å². The zero-order valence-corrected chi connectivity index (χ0v) is 10.7. The number of nitrogens with zero attached hydrogens (tertiary/aromatic N) is 2. The molecule has 18 heavy (non-hydrogen) atoms. The average Bonchev–Trinajstić information content (AvgIpc) is 2.40. The molecule has 1 atom stereocenters. The standard InChI is InChI=1S/C14H19N3O/c1-2-13(10-16)14(18)17(9-8-15)11-12-6-4-3-5-7-12/h3-7,13H,2,9-11,16H2,1H3. The molecule has 0 saturated carbocycles. The Morgan fingerprint density at radius 1 is 1.44 bits per heavy atom. The molecule has 0 heterocycles. The summed E-state index contributed by atoms with van der Waals surface area (Å²) >= 11 is 0. The van der Waals surface area contributed by atoms with E-state index < -0.39 is 0 Å². The number of rotatable bonds is 6. The lowest BCUT2D eigenvalue weighted by Crippen LogP contribution is -2.38. The van der Waals surface area contributed by atoms with E-state index in [1.54, 1.807) is 4.90 Å². The summed E-state index contributed by atoms with van der Waals surface area (Å²) in [5, 5.41) is 8.82. The Labute approximate surface area is 108 Å². The molecule has 96 valence electrons. The van der Waals surface area contributed by atoms with Crippen molar-refractivity contribution in [2.45, 2.75) is 19.9 Å². The molecule has 1 aromatic carbocycles. The van der Waals surface area contributed by atoms with E-state index in [9.17, 15) is 4.79 Å². The second-order valence-electron chi connectivity index (χ2n) is 4.18. The molecule has 1 aromatic rings. The summed E-state index contributed by atoms with van der Waals surface area (Å²) in [7, 11) is 0. The molecule has 0 aliphatic carbocycles. The van der Waals surface area contributed by atoms with Gasteiger partial charge in [-0.3, -0.25) is 4.79 Å². The van der Waals surface area contributed by atoms with Crippen molar-refractivity contribution in [1.82, 2.24) is 4.90 Å². The Morgan fingerprint density at radius 3 is 2.61 bits per heavy atom. The Morgan fingerprint density at radius 2 is 2.11 bits per heavy atom.